The number of rotatable bonds is 6. The van der Waals surface area contributed by atoms with Gasteiger partial charge in [0.15, 0.2) is 0 Å². The Morgan fingerprint density at radius 2 is 1.88 bits per heavy atom. The molecule has 2 amide bonds. The number of aromatic nitrogens is 1. The fraction of sp³-hybridized carbons (Fsp3) is 0.615. The van der Waals surface area contributed by atoms with Crippen molar-refractivity contribution in [2.45, 2.75) is 71.5 Å². The molecule has 7 nitrogen and oxygen atoms in total. The first kappa shape index (κ1) is 23.5. The lowest BCUT2D eigenvalue weighted by Crippen LogP contribution is -2.65. The van der Waals surface area contributed by atoms with Crippen LogP contribution < -0.4 is 14.8 Å². The number of fused-ring (bicyclic) bond motifs is 3. The molecule has 7 heteroatoms. The molecule has 1 N–H and O–H groups in total. The largest absolute Gasteiger partial charge is 0.496 e. The number of benzene rings is 1. The lowest BCUT2D eigenvalue weighted by Gasteiger charge is -2.45. The summed E-state index contributed by atoms with van der Waals surface area (Å²) in [4.78, 5) is 29.3. The van der Waals surface area contributed by atoms with Crippen molar-refractivity contribution in [1.82, 2.24) is 14.8 Å². The number of carbonyl (C=O) groups is 2. The third kappa shape index (κ3) is 3.75. The summed E-state index contributed by atoms with van der Waals surface area (Å²) in [5.41, 5.74) is 0.349. The molecule has 4 rings (SSSR count). The smallest absolute Gasteiger partial charge is 0.271 e. The van der Waals surface area contributed by atoms with E-state index in [0.29, 0.717) is 42.1 Å². The number of nitrogens with zero attached hydrogens (tertiary/aromatic N) is 2. The van der Waals surface area contributed by atoms with Gasteiger partial charge in [-0.05, 0) is 49.8 Å². The maximum atomic E-state index is 13.8. The van der Waals surface area contributed by atoms with Gasteiger partial charge >= 0.3 is 0 Å². The van der Waals surface area contributed by atoms with Crippen LogP contribution in [-0.2, 0) is 11.3 Å². The fourth-order valence-electron chi connectivity index (χ4n) is 5.64. The summed E-state index contributed by atoms with van der Waals surface area (Å²) in [6.45, 7) is 9.30. The summed E-state index contributed by atoms with van der Waals surface area (Å²) in [7, 11) is 3.24. The maximum absolute atomic E-state index is 13.8. The summed E-state index contributed by atoms with van der Waals surface area (Å²) >= 11 is 0. The Bertz CT molecular complexity index is 1060. The maximum Gasteiger partial charge on any atom is 0.271 e. The standard InChI is InChI=1S/C26H37N3O4/c1-7-13-29-24(30)20-14-18-21(32-5)11-12-22(33-6)23(18)28(20)15-26(29,4)25(31)27-19-10-8-9-16(2)17(19)3/h11-12,14,16-17,19H,7-10,13,15H2,1-6H3,(H,27,31). The summed E-state index contributed by atoms with van der Waals surface area (Å²) < 4.78 is 13.1. The molecule has 4 atom stereocenters. The van der Waals surface area contributed by atoms with E-state index in [9.17, 15) is 9.59 Å². The SMILES string of the molecule is CCCN1C(=O)c2cc3c(OC)ccc(OC)c3n2CC1(C)C(=O)NC1CCCC(C)C1C. The van der Waals surface area contributed by atoms with Crippen LogP contribution >= 0.6 is 0 Å². The second-order valence-electron chi connectivity index (χ2n) is 9.93. The molecule has 0 radical (unpaired) electrons. The average molecular weight is 456 g/mol. The van der Waals surface area contributed by atoms with E-state index in [-0.39, 0.29) is 17.9 Å². The number of methoxy groups -OCH3 is 2. The molecule has 180 valence electrons. The third-order valence-electron chi connectivity index (χ3n) is 7.91. The highest BCUT2D eigenvalue weighted by Gasteiger charge is 2.48. The molecule has 1 aliphatic heterocycles. The molecular formula is C26H37N3O4. The Balaban J connectivity index is 1.78. The Kier molecular flexibility index (Phi) is 6.34. The normalized spacial score (nSPS) is 27.4. The van der Waals surface area contributed by atoms with Crippen LogP contribution in [0.15, 0.2) is 18.2 Å². The van der Waals surface area contributed by atoms with Crippen LogP contribution in [0.4, 0.5) is 0 Å². The van der Waals surface area contributed by atoms with Gasteiger partial charge in [-0.15, -0.1) is 0 Å². The molecule has 0 spiro atoms. The van der Waals surface area contributed by atoms with Gasteiger partial charge in [-0.25, -0.2) is 0 Å². The van der Waals surface area contributed by atoms with Gasteiger partial charge in [0.1, 0.15) is 22.7 Å². The Labute approximate surface area is 196 Å². The predicted octanol–water partition coefficient (Wildman–Crippen LogP) is 4.22. The van der Waals surface area contributed by atoms with Crippen LogP contribution in [0.1, 0.15) is 63.9 Å². The van der Waals surface area contributed by atoms with Crippen molar-refractivity contribution in [3.63, 3.8) is 0 Å². The topological polar surface area (TPSA) is 72.8 Å². The molecule has 1 saturated carbocycles. The first-order valence-electron chi connectivity index (χ1n) is 12.1. The van der Waals surface area contributed by atoms with Gasteiger partial charge in [0.05, 0.1) is 26.3 Å². The Morgan fingerprint density at radius 3 is 2.55 bits per heavy atom. The molecule has 1 aromatic heterocycles. The lowest BCUT2D eigenvalue weighted by atomic mass is 9.77. The van der Waals surface area contributed by atoms with E-state index in [1.807, 2.05) is 36.6 Å². The van der Waals surface area contributed by atoms with Gasteiger partial charge in [0.25, 0.3) is 5.91 Å². The zero-order valence-corrected chi connectivity index (χ0v) is 20.7. The highest BCUT2D eigenvalue weighted by molar-refractivity contribution is 6.05. The van der Waals surface area contributed by atoms with Crippen molar-refractivity contribution in [3.05, 3.63) is 23.9 Å². The Hall–Kier alpha value is -2.70. The average Bonchev–Trinajstić information content (AvgIpc) is 3.18. The van der Waals surface area contributed by atoms with Crippen molar-refractivity contribution in [1.29, 1.82) is 0 Å². The minimum atomic E-state index is -0.999. The van der Waals surface area contributed by atoms with Crippen molar-refractivity contribution in [2.75, 3.05) is 20.8 Å². The second-order valence-corrected chi connectivity index (χ2v) is 9.93. The van der Waals surface area contributed by atoms with Crippen molar-refractivity contribution < 1.29 is 19.1 Å². The molecule has 2 aliphatic rings. The van der Waals surface area contributed by atoms with Crippen molar-refractivity contribution in [2.24, 2.45) is 11.8 Å². The van der Waals surface area contributed by atoms with Crippen LogP contribution in [0.2, 0.25) is 0 Å². The predicted molar refractivity (Wildman–Crippen MR) is 129 cm³/mol. The molecule has 0 saturated heterocycles. The van der Waals surface area contributed by atoms with Gasteiger partial charge in [-0.2, -0.15) is 0 Å². The number of hydrogen-bond donors (Lipinski definition) is 1. The number of carbonyl (C=O) groups excluding carboxylic acids is 2. The van der Waals surface area contributed by atoms with Gasteiger partial charge in [0.2, 0.25) is 5.91 Å². The quantitative estimate of drug-likeness (QED) is 0.708. The summed E-state index contributed by atoms with van der Waals surface area (Å²) in [6, 6.07) is 5.69. The first-order chi connectivity index (χ1) is 15.8. The molecule has 0 bridgehead atoms. The van der Waals surface area contributed by atoms with Crippen molar-refractivity contribution >= 4 is 22.7 Å². The van der Waals surface area contributed by atoms with Gasteiger partial charge in [-0.3, -0.25) is 9.59 Å². The molecule has 33 heavy (non-hydrogen) atoms. The van der Waals surface area contributed by atoms with Gasteiger partial charge in [0, 0.05) is 18.0 Å². The lowest BCUT2D eigenvalue weighted by molar-refractivity contribution is -0.134. The Morgan fingerprint density at radius 1 is 1.18 bits per heavy atom. The van der Waals surface area contributed by atoms with Crippen LogP contribution in [0.25, 0.3) is 10.9 Å². The second kappa shape index (κ2) is 8.92. The molecule has 1 aromatic carbocycles. The number of ether oxygens (including phenoxy) is 2. The van der Waals surface area contributed by atoms with Crippen molar-refractivity contribution in [3.8, 4) is 11.5 Å². The minimum absolute atomic E-state index is 0.0791. The van der Waals surface area contributed by atoms with Crippen LogP contribution in [0.5, 0.6) is 11.5 Å². The molecule has 2 heterocycles. The number of hydrogen-bond acceptors (Lipinski definition) is 4. The summed E-state index contributed by atoms with van der Waals surface area (Å²) in [6.07, 6.45) is 4.08. The number of nitrogens with one attached hydrogen (secondary N) is 1. The minimum Gasteiger partial charge on any atom is -0.496 e. The van der Waals surface area contributed by atoms with Crippen LogP contribution in [-0.4, -0.2) is 53.6 Å². The monoisotopic (exact) mass is 455 g/mol. The number of amides is 2. The summed E-state index contributed by atoms with van der Waals surface area (Å²) in [5, 5.41) is 4.15. The van der Waals surface area contributed by atoms with E-state index in [1.54, 1.807) is 19.1 Å². The zero-order chi connectivity index (χ0) is 23.9. The van der Waals surface area contributed by atoms with E-state index in [1.165, 1.54) is 6.42 Å². The molecule has 1 fully saturated rings. The van der Waals surface area contributed by atoms with Gasteiger partial charge < -0.3 is 24.3 Å². The molecular weight excluding hydrogens is 418 g/mol. The van der Waals surface area contributed by atoms with E-state index in [4.69, 9.17) is 9.47 Å². The van der Waals surface area contributed by atoms with E-state index in [2.05, 4.69) is 19.2 Å². The van der Waals surface area contributed by atoms with E-state index < -0.39 is 5.54 Å². The highest BCUT2D eigenvalue weighted by atomic mass is 16.5. The van der Waals surface area contributed by atoms with Crippen LogP contribution in [0.3, 0.4) is 0 Å². The van der Waals surface area contributed by atoms with Gasteiger partial charge in [-0.1, -0.05) is 33.6 Å². The van der Waals surface area contributed by atoms with Crippen LogP contribution in [0, 0.1) is 11.8 Å². The van der Waals surface area contributed by atoms with E-state index >= 15 is 0 Å². The molecule has 1 aliphatic carbocycles. The fourth-order valence-corrected chi connectivity index (χ4v) is 5.64. The first-order valence-corrected chi connectivity index (χ1v) is 12.1. The highest BCUT2D eigenvalue weighted by Crippen LogP contribution is 2.40. The van der Waals surface area contributed by atoms with E-state index in [0.717, 1.165) is 30.2 Å². The third-order valence-corrected chi connectivity index (χ3v) is 7.91. The zero-order valence-electron chi connectivity index (χ0n) is 20.7. The summed E-state index contributed by atoms with van der Waals surface area (Å²) in [5.74, 6) is 2.12. The molecule has 2 aromatic rings. The molecule has 4 unspecified atom stereocenters.